The molecule has 0 N–H and O–H groups in total. The Kier molecular flexibility index (Phi) is 7.46. The summed E-state index contributed by atoms with van der Waals surface area (Å²) in [5.41, 5.74) is 10.5. The zero-order valence-electron chi connectivity index (χ0n) is 31.9. The van der Waals surface area contributed by atoms with Gasteiger partial charge in [-0.2, -0.15) is 5.26 Å². The van der Waals surface area contributed by atoms with Gasteiger partial charge in [0.2, 0.25) is 0 Å². The van der Waals surface area contributed by atoms with Gasteiger partial charge in [0, 0.05) is 44.7 Å². The van der Waals surface area contributed by atoms with Crippen molar-refractivity contribution in [2.24, 2.45) is 0 Å². The Labute approximate surface area is 343 Å². The van der Waals surface area contributed by atoms with E-state index in [2.05, 4.69) is 120 Å². The van der Waals surface area contributed by atoms with Gasteiger partial charge in [-0.15, -0.1) is 0 Å². The summed E-state index contributed by atoms with van der Waals surface area (Å²) in [6.45, 7) is 0. The van der Waals surface area contributed by atoms with Crippen molar-refractivity contribution < 1.29 is 4.42 Å². The Morgan fingerprint density at radius 1 is 0.433 bits per heavy atom. The molecule has 12 rings (SSSR count). The number of pyridine rings is 1. The van der Waals surface area contributed by atoms with E-state index in [9.17, 15) is 5.26 Å². The Morgan fingerprint density at radius 2 is 0.983 bits per heavy atom. The number of rotatable bonds is 5. The van der Waals surface area contributed by atoms with Crippen LogP contribution in [0.15, 0.2) is 187 Å². The monoisotopic (exact) mass is 766 g/mol. The molecule has 0 fully saturated rings. The number of fused-ring (bicyclic) bond motifs is 8. The van der Waals surface area contributed by atoms with Crippen LogP contribution in [0, 0.1) is 11.3 Å². The summed E-state index contributed by atoms with van der Waals surface area (Å²) in [6.07, 6.45) is 1.82. The zero-order valence-corrected chi connectivity index (χ0v) is 31.9. The standard InChI is InChI=1S/C53H30N6O/c54-30-32-14-22-46-44(24-32)45-27-37(20-23-47(45)59(46)42-12-2-1-3-13-42)38-19-21-43-48(28-38)60-49-29-41(31-55-50(43)49)53-57-51(39-17-15-33-8-4-6-10-35(33)25-39)56-52(58-53)40-18-16-34-9-5-7-11-36(34)26-40/h1-29,31H. The molecule has 0 radical (unpaired) electrons. The summed E-state index contributed by atoms with van der Waals surface area (Å²) < 4.78 is 8.83. The molecular formula is C53H30N6O. The fraction of sp³-hybridized carbons (Fsp3) is 0. The van der Waals surface area contributed by atoms with Crippen molar-refractivity contribution in [3.63, 3.8) is 0 Å². The molecule has 0 aliphatic heterocycles. The van der Waals surface area contributed by atoms with Gasteiger partial charge in [0.15, 0.2) is 23.1 Å². The van der Waals surface area contributed by atoms with Gasteiger partial charge >= 0.3 is 0 Å². The maximum atomic E-state index is 9.77. The second kappa shape index (κ2) is 13.3. The predicted octanol–water partition coefficient (Wildman–Crippen LogP) is 13.1. The van der Waals surface area contributed by atoms with Crippen molar-refractivity contribution in [1.29, 1.82) is 5.26 Å². The van der Waals surface area contributed by atoms with E-state index in [1.165, 1.54) is 0 Å². The Bertz CT molecular complexity index is 3650. The highest BCUT2D eigenvalue weighted by atomic mass is 16.3. The van der Waals surface area contributed by atoms with Crippen LogP contribution in [0.3, 0.4) is 0 Å². The molecule has 0 aliphatic carbocycles. The summed E-state index contributed by atoms with van der Waals surface area (Å²) in [4.78, 5) is 20.0. The smallest absolute Gasteiger partial charge is 0.165 e. The first-order chi connectivity index (χ1) is 29.6. The highest BCUT2D eigenvalue weighted by Crippen LogP contribution is 2.38. The van der Waals surface area contributed by atoms with E-state index in [-0.39, 0.29) is 0 Å². The first kappa shape index (κ1) is 33.6. The molecule has 4 heterocycles. The average molecular weight is 767 g/mol. The molecule has 0 atom stereocenters. The third-order valence-electron chi connectivity index (χ3n) is 11.5. The van der Waals surface area contributed by atoms with Crippen LogP contribution in [0.5, 0.6) is 0 Å². The molecular weight excluding hydrogens is 737 g/mol. The van der Waals surface area contributed by atoms with Gasteiger partial charge in [-0.05, 0) is 105 Å². The minimum absolute atomic E-state index is 0.509. The fourth-order valence-electron chi connectivity index (χ4n) is 8.50. The Hall–Kier alpha value is -8.47. The third kappa shape index (κ3) is 5.51. The van der Waals surface area contributed by atoms with Crippen molar-refractivity contribution >= 4 is 65.4 Å². The van der Waals surface area contributed by atoms with Crippen molar-refractivity contribution in [3.8, 4) is 57.0 Å². The molecule has 4 aromatic heterocycles. The predicted molar refractivity (Wildman–Crippen MR) is 241 cm³/mol. The minimum atomic E-state index is 0.509. The molecule has 60 heavy (non-hydrogen) atoms. The Morgan fingerprint density at radius 3 is 1.67 bits per heavy atom. The number of hydrogen-bond donors (Lipinski definition) is 0. The van der Waals surface area contributed by atoms with Crippen LogP contribution >= 0.6 is 0 Å². The first-order valence-electron chi connectivity index (χ1n) is 19.7. The van der Waals surface area contributed by atoms with E-state index in [1.54, 1.807) is 0 Å². The normalized spacial score (nSPS) is 11.7. The van der Waals surface area contributed by atoms with Gasteiger partial charge in [0.25, 0.3) is 0 Å². The highest BCUT2D eigenvalue weighted by Gasteiger charge is 2.18. The van der Waals surface area contributed by atoms with Crippen molar-refractivity contribution in [3.05, 3.63) is 188 Å². The summed E-state index contributed by atoms with van der Waals surface area (Å²) in [7, 11) is 0. The zero-order chi connectivity index (χ0) is 39.7. The maximum absolute atomic E-state index is 9.77. The van der Waals surface area contributed by atoms with E-state index in [0.717, 1.165) is 93.3 Å². The highest BCUT2D eigenvalue weighted by molar-refractivity contribution is 6.11. The van der Waals surface area contributed by atoms with Crippen molar-refractivity contribution in [2.45, 2.75) is 0 Å². The minimum Gasteiger partial charge on any atom is -0.454 e. The molecule has 0 unspecified atom stereocenters. The van der Waals surface area contributed by atoms with Crippen molar-refractivity contribution in [2.75, 3.05) is 0 Å². The molecule has 0 saturated heterocycles. The van der Waals surface area contributed by atoms with Gasteiger partial charge in [0.05, 0.1) is 22.7 Å². The number of benzene rings is 8. The lowest BCUT2D eigenvalue weighted by molar-refractivity contribution is 0.668. The first-order valence-corrected chi connectivity index (χ1v) is 19.7. The maximum Gasteiger partial charge on any atom is 0.165 e. The van der Waals surface area contributed by atoms with Crippen LogP contribution < -0.4 is 0 Å². The lowest BCUT2D eigenvalue weighted by Crippen LogP contribution is -2.00. The van der Waals surface area contributed by atoms with Crippen LogP contribution in [0.4, 0.5) is 0 Å². The molecule has 278 valence electrons. The molecule has 0 saturated carbocycles. The van der Waals surface area contributed by atoms with Crippen LogP contribution in [0.2, 0.25) is 0 Å². The van der Waals surface area contributed by atoms with Gasteiger partial charge in [-0.25, -0.2) is 15.0 Å². The summed E-state index contributed by atoms with van der Waals surface area (Å²) in [5.74, 6) is 1.67. The number of nitrogens with zero attached hydrogens (tertiary/aromatic N) is 6. The summed E-state index contributed by atoms with van der Waals surface area (Å²) >= 11 is 0. The Balaban J connectivity index is 0.970. The SMILES string of the molecule is N#Cc1ccc2c(c1)c1cc(-c3ccc4c(c3)oc3cc(-c5nc(-c6ccc7ccccc7c6)nc(-c6ccc7ccccc7c6)n5)cnc34)ccc1n2-c1ccccc1. The van der Waals surface area contributed by atoms with E-state index in [4.69, 9.17) is 24.4 Å². The molecule has 0 aliphatic rings. The van der Waals surface area contributed by atoms with Gasteiger partial charge < -0.3 is 8.98 Å². The van der Waals surface area contributed by atoms with Crippen LogP contribution in [0.1, 0.15) is 5.56 Å². The largest absolute Gasteiger partial charge is 0.454 e. The molecule has 8 aromatic carbocycles. The van der Waals surface area contributed by atoms with E-state index >= 15 is 0 Å². The molecule has 7 heteroatoms. The summed E-state index contributed by atoms with van der Waals surface area (Å²) in [5, 5.41) is 17.3. The fourth-order valence-corrected chi connectivity index (χ4v) is 8.50. The molecule has 0 spiro atoms. The lowest BCUT2D eigenvalue weighted by atomic mass is 10.0. The molecule has 12 aromatic rings. The van der Waals surface area contributed by atoms with Crippen LogP contribution in [0.25, 0.3) is 116 Å². The molecule has 7 nitrogen and oxygen atoms in total. The lowest BCUT2D eigenvalue weighted by Gasteiger charge is -2.09. The molecule has 0 bridgehead atoms. The van der Waals surface area contributed by atoms with Crippen molar-refractivity contribution in [1.82, 2.24) is 24.5 Å². The number of aromatic nitrogens is 5. The number of nitriles is 1. The second-order valence-electron chi connectivity index (χ2n) is 15.1. The topological polar surface area (TPSA) is 93.4 Å². The van der Waals surface area contributed by atoms with E-state index < -0.39 is 0 Å². The van der Waals surface area contributed by atoms with E-state index in [1.807, 2.05) is 72.9 Å². The number of furan rings is 1. The van der Waals surface area contributed by atoms with Crippen LogP contribution in [-0.4, -0.2) is 24.5 Å². The van der Waals surface area contributed by atoms with Gasteiger partial charge in [-0.3, -0.25) is 4.98 Å². The average Bonchev–Trinajstić information content (AvgIpc) is 3.85. The quantitative estimate of drug-likeness (QED) is 0.173. The second-order valence-corrected chi connectivity index (χ2v) is 15.1. The summed E-state index contributed by atoms with van der Waals surface area (Å²) in [6, 6.07) is 62.4. The van der Waals surface area contributed by atoms with Crippen LogP contribution in [-0.2, 0) is 0 Å². The van der Waals surface area contributed by atoms with Gasteiger partial charge in [0.1, 0.15) is 11.1 Å². The number of hydrogen-bond acceptors (Lipinski definition) is 6. The number of para-hydroxylation sites is 1. The molecule has 0 amide bonds. The van der Waals surface area contributed by atoms with Gasteiger partial charge in [-0.1, -0.05) is 103 Å². The van der Waals surface area contributed by atoms with E-state index in [0.29, 0.717) is 28.6 Å². The third-order valence-corrected chi connectivity index (χ3v) is 11.5.